The molecule has 0 saturated heterocycles. The van der Waals surface area contributed by atoms with Crippen LogP contribution in [0.1, 0.15) is 96.3 Å². The van der Waals surface area contributed by atoms with E-state index in [9.17, 15) is 28.8 Å². The summed E-state index contributed by atoms with van der Waals surface area (Å²) in [4.78, 5) is 69.1. The van der Waals surface area contributed by atoms with Crippen molar-refractivity contribution in [1.29, 1.82) is 0 Å². The molecule has 0 heterocycles. The summed E-state index contributed by atoms with van der Waals surface area (Å²) in [5.41, 5.74) is -1.13. The molecule has 5 fully saturated rings. The molecule has 5 rings (SSSR count). The summed E-state index contributed by atoms with van der Waals surface area (Å²) < 4.78 is 28.6. The van der Waals surface area contributed by atoms with Gasteiger partial charge in [-0.3, -0.25) is 28.8 Å². The van der Waals surface area contributed by atoms with Crippen molar-refractivity contribution in [3.63, 3.8) is 0 Å². The first-order valence-electron chi connectivity index (χ1n) is 16.4. The normalized spacial score (nSPS) is 30.8. The molecular formula is C34H53ClO12. The Morgan fingerprint density at radius 1 is 0.468 bits per heavy atom. The van der Waals surface area contributed by atoms with Crippen molar-refractivity contribution in [2.45, 2.75) is 96.3 Å². The summed E-state index contributed by atoms with van der Waals surface area (Å²) >= 11 is 5.75. The van der Waals surface area contributed by atoms with Crippen LogP contribution in [0.2, 0.25) is 0 Å². The Morgan fingerprint density at radius 2 is 0.766 bits per heavy atom. The van der Waals surface area contributed by atoms with Crippen LogP contribution >= 0.6 is 11.6 Å². The fourth-order valence-electron chi connectivity index (χ4n) is 7.66. The second-order valence-electron chi connectivity index (χ2n) is 13.1. The zero-order chi connectivity index (χ0) is 35.3. The van der Waals surface area contributed by atoms with Crippen molar-refractivity contribution >= 4 is 47.4 Å². The third-order valence-electron chi connectivity index (χ3n) is 10.9. The van der Waals surface area contributed by atoms with Gasteiger partial charge < -0.3 is 28.4 Å². The number of ether oxygens (including phenoxy) is 6. The standard InChI is InChI=1S/C12H19ClO4.C12H18O4.C10H16O4/c1-16-10(14)9-3-5-12(6-4-9,7-8-13)11(15)17-2;1-15-9(13)11-3-6-12(7-4-11,8-5-11)10(14)16-2;1-13-9(11)7-3-5-8(6-4-7)10(12)14-2/h9H,3-8H2,1-2H3;3-8H2,1-2H3;7-8H,3-6H2,1-2H3. The van der Waals surface area contributed by atoms with E-state index in [2.05, 4.69) is 9.47 Å². The van der Waals surface area contributed by atoms with Gasteiger partial charge in [-0.2, -0.15) is 0 Å². The molecule has 0 aromatic rings. The second kappa shape index (κ2) is 18.6. The van der Waals surface area contributed by atoms with Crippen LogP contribution in [0.15, 0.2) is 0 Å². The van der Waals surface area contributed by atoms with Crippen LogP contribution in [0.3, 0.4) is 0 Å². The fourth-order valence-corrected chi connectivity index (χ4v) is 8.02. The Bertz CT molecular complexity index is 1010. The van der Waals surface area contributed by atoms with E-state index in [0.29, 0.717) is 38.0 Å². The van der Waals surface area contributed by atoms with Gasteiger partial charge in [0.2, 0.25) is 0 Å². The highest BCUT2D eigenvalue weighted by Crippen LogP contribution is 2.57. The Kier molecular flexibility index (Phi) is 15.9. The SMILES string of the molecule is COC(=O)C12CCC(C(=O)OC)(CC1)CC2.COC(=O)C1CCC(C(=O)OC)CC1.COC(=O)C1CCC(CCCl)(C(=O)OC)CC1. The zero-order valence-corrected chi connectivity index (χ0v) is 29.6. The molecule has 5 saturated carbocycles. The van der Waals surface area contributed by atoms with E-state index in [4.69, 9.17) is 30.5 Å². The van der Waals surface area contributed by atoms with E-state index in [-0.39, 0.29) is 64.4 Å². The molecule has 0 atom stereocenters. The van der Waals surface area contributed by atoms with Gasteiger partial charge in [-0.25, -0.2) is 0 Å². The number of carbonyl (C=O) groups excluding carboxylic acids is 6. The molecule has 268 valence electrons. The van der Waals surface area contributed by atoms with Crippen LogP contribution in [0.5, 0.6) is 0 Å². The van der Waals surface area contributed by atoms with E-state index in [1.165, 1.54) is 42.7 Å². The maximum absolute atomic E-state index is 11.8. The van der Waals surface area contributed by atoms with Crippen molar-refractivity contribution in [3.05, 3.63) is 0 Å². The van der Waals surface area contributed by atoms with Gasteiger partial charge in [-0.1, -0.05) is 0 Å². The molecule has 0 aromatic heterocycles. The van der Waals surface area contributed by atoms with Crippen molar-refractivity contribution in [2.24, 2.45) is 34.0 Å². The average molecular weight is 689 g/mol. The highest BCUT2D eigenvalue weighted by atomic mass is 35.5. The first-order chi connectivity index (χ1) is 22.4. The summed E-state index contributed by atoms with van der Waals surface area (Å²) in [5, 5.41) is 0. The topological polar surface area (TPSA) is 158 Å². The predicted molar refractivity (Wildman–Crippen MR) is 170 cm³/mol. The summed E-state index contributed by atoms with van der Waals surface area (Å²) in [6.07, 6.45) is 10.7. The maximum Gasteiger partial charge on any atom is 0.311 e. The van der Waals surface area contributed by atoms with Gasteiger partial charge in [0.05, 0.1) is 76.7 Å². The number of carbonyl (C=O) groups is 6. The van der Waals surface area contributed by atoms with E-state index in [1.54, 1.807) is 0 Å². The maximum atomic E-state index is 11.8. The fraction of sp³-hybridized carbons (Fsp3) is 0.824. The van der Waals surface area contributed by atoms with Crippen LogP contribution in [0.4, 0.5) is 0 Å². The van der Waals surface area contributed by atoms with Gasteiger partial charge in [0.1, 0.15) is 0 Å². The second-order valence-corrected chi connectivity index (χ2v) is 13.5. The first-order valence-corrected chi connectivity index (χ1v) is 16.9. The van der Waals surface area contributed by atoms with E-state index < -0.39 is 5.41 Å². The molecule has 13 heteroatoms. The minimum atomic E-state index is -0.499. The van der Waals surface area contributed by atoms with Gasteiger partial charge >= 0.3 is 35.8 Å². The van der Waals surface area contributed by atoms with Crippen LogP contribution in [-0.2, 0) is 57.2 Å². The number of alkyl halides is 1. The molecular weight excluding hydrogens is 636 g/mol. The Morgan fingerprint density at radius 3 is 1.02 bits per heavy atom. The van der Waals surface area contributed by atoms with Gasteiger partial charge in [-0.05, 0) is 96.3 Å². The Balaban J connectivity index is 0.000000246. The van der Waals surface area contributed by atoms with Crippen LogP contribution in [0, 0.1) is 34.0 Å². The third kappa shape index (κ3) is 9.83. The van der Waals surface area contributed by atoms with Gasteiger partial charge in [0, 0.05) is 5.88 Å². The lowest BCUT2D eigenvalue weighted by atomic mass is 9.53. The lowest BCUT2D eigenvalue weighted by Crippen LogP contribution is -2.49. The van der Waals surface area contributed by atoms with Crippen molar-refractivity contribution in [3.8, 4) is 0 Å². The zero-order valence-electron chi connectivity index (χ0n) is 28.8. The summed E-state index contributed by atoms with van der Waals surface area (Å²) in [5.74, 6) is -0.637. The number of methoxy groups -OCH3 is 6. The molecule has 0 aliphatic heterocycles. The summed E-state index contributed by atoms with van der Waals surface area (Å²) in [6.45, 7) is 0. The predicted octanol–water partition coefficient (Wildman–Crippen LogP) is 4.95. The molecule has 47 heavy (non-hydrogen) atoms. The molecule has 0 aromatic carbocycles. The number of hydrogen-bond acceptors (Lipinski definition) is 12. The molecule has 0 amide bonds. The number of hydrogen-bond donors (Lipinski definition) is 0. The summed E-state index contributed by atoms with van der Waals surface area (Å²) in [6, 6.07) is 0. The number of esters is 6. The smallest absolute Gasteiger partial charge is 0.311 e. The van der Waals surface area contributed by atoms with Crippen LogP contribution in [0.25, 0.3) is 0 Å². The molecule has 0 radical (unpaired) electrons. The minimum Gasteiger partial charge on any atom is -0.469 e. The number of rotatable bonds is 8. The average Bonchev–Trinajstić information content (AvgIpc) is 3.14. The van der Waals surface area contributed by atoms with Crippen molar-refractivity contribution in [1.82, 2.24) is 0 Å². The van der Waals surface area contributed by atoms with Crippen LogP contribution < -0.4 is 0 Å². The largest absolute Gasteiger partial charge is 0.469 e. The van der Waals surface area contributed by atoms with Crippen LogP contribution in [-0.4, -0.2) is 84.4 Å². The Hall–Kier alpha value is -2.89. The highest BCUT2D eigenvalue weighted by molar-refractivity contribution is 6.18. The molecule has 5 aliphatic rings. The van der Waals surface area contributed by atoms with E-state index in [1.807, 2.05) is 0 Å². The molecule has 5 aliphatic carbocycles. The quantitative estimate of drug-likeness (QED) is 0.192. The Labute approximate surface area is 283 Å². The van der Waals surface area contributed by atoms with Gasteiger partial charge in [0.15, 0.2) is 0 Å². The molecule has 0 spiro atoms. The molecule has 0 N–H and O–H groups in total. The first kappa shape index (κ1) is 40.3. The van der Waals surface area contributed by atoms with E-state index >= 15 is 0 Å². The van der Waals surface area contributed by atoms with Gasteiger partial charge in [0.25, 0.3) is 0 Å². The number of fused-ring (bicyclic) bond motifs is 3. The van der Waals surface area contributed by atoms with E-state index in [0.717, 1.165) is 64.2 Å². The van der Waals surface area contributed by atoms with Crippen molar-refractivity contribution in [2.75, 3.05) is 48.5 Å². The molecule has 0 unspecified atom stereocenters. The summed E-state index contributed by atoms with van der Waals surface area (Å²) in [7, 11) is 8.46. The lowest BCUT2D eigenvalue weighted by Gasteiger charge is -2.49. The molecule has 12 nitrogen and oxygen atoms in total. The monoisotopic (exact) mass is 688 g/mol. The van der Waals surface area contributed by atoms with Crippen molar-refractivity contribution < 1.29 is 57.2 Å². The third-order valence-corrected chi connectivity index (χ3v) is 11.1. The lowest BCUT2D eigenvalue weighted by molar-refractivity contribution is -0.174. The highest BCUT2D eigenvalue weighted by Gasteiger charge is 2.56. The van der Waals surface area contributed by atoms with Gasteiger partial charge in [-0.15, -0.1) is 11.6 Å². The number of halogens is 1. The minimum absolute atomic E-state index is 0.0269. The molecule has 2 bridgehead atoms.